The molecule has 2 aromatic carbocycles. The summed E-state index contributed by atoms with van der Waals surface area (Å²) in [6, 6.07) is 9.09. The number of amides is 2. The zero-order chi connectivity index (χ0) is 22.5. The maximum Gasteiger partial charge on any atom is 0.325 e. The first-order valence-corrected chi connectivity index (χ1v) is 10.1. The van der Waals surface area contributed by atoms with Crippen LogP contribution < -0.4 is 9.47 Å². The molecule has 7 nitrogen and oxygen atoms in total. The van der Waals surface area contributed by atoms with E-state index < -0.39 is 23.7 Å². The van der Waals surface area contributed by atoms with Gasteiger partial charge < -0.3 is 14.2 Å². The predicted molar refractivity (Wildman–Crippen MR) is 113 cm³/mol. The Balaban J connectivity index is 1.81. The van der Waals surface area contributed by atoms with Crippen molar-refractivity contribution in [3.63, 3.8) is 0 Å². The number of rotatable bonds is 7. The number of benzene rings is 2. The first-order chi connectivity index (χ1) is 14.8. The highest BCUT2D eigenvalue weighted by molar-refractivity contribution is 8.18. The summed E-state index contributed by atoms with van der Waals surface area (Å²) < 4.78 is 28.9. The molecule has 0 spiro atoms. The molecule has 1 aliphatic heterocycles. The number of esters is 1. The van der Waals surface area contributed by atoms with Crippen molar-refractivity contribution in [2.24, 2.45) is 0 Å². The summed E-state index contributed by atoms with van der Waals surface area (Å²) in [5, 5.41) is -0.370. The van der Waals surface area contributed by atoms with Crippen molar-refractivity contribution >= 4 is 46.6 Å². The third-order valence-corrected chi connectivity index (χ3v) is 5.40. The van der Waals surface area contributed by atoms with E-state index in [2.05, 4.69) is 4.74 Å². The standard InChI is InChI=1S/C21H17ClFNO6S/c1-28-16-8-13(9-17-20(26)24(21(27)31-17)10-18(25)29-2)7-15(22)19(16)30-11-12-4-3-5-14(23)6-12/h3-9H,10-11H2,1-2H3. The Hall–Kier alpha value is -3.04. The largest absolute Gasteiger partial charge is 0.493 e. The molecule has 3 rings (SSSR count). The van der Waals surface area contributed by atoms with E-state index in [1.807, 2.05) is 0 Å². The summed E-state index contributed by atoms with van der Waals surface area (Å²) in [4.78, 5) is 36.8. The summed E-state index contributed by atoms with van der Waals surface area (Å²) in [5.74, 6) is -1.14. The average Bonchev–Trinajstić information content (AvgIpc) is 2.99. The Morgan fingerprint density at radius 1 is 1.23 bits per heavy atom. The fraction of sp³-hybridized carbons (Fsp3) is 0.190. The molecule has 0 aromatic heterocycles. The fourth-order valence-corrected chi connectivity index (χ4v) is 3.84. The Labute approximate surface area is 186 Å². The maximum atomic E-state index is 13.3. The number of halogens is 2. The first-order valence-electron chi connectivity index (χ1n) is 8.89. The highest BCUT2D eigenvalue weighted by Crippen LogP contribution is 2.39. The monoisotopic (exact) mass is 465 g/mol. The number of imide groups is 1. The number of methoxy groups -OCH3 is 2. The second kappa shape index (κ2) is 9.84. The average molecular weight is 466 g/mol. The molecule has 1 aliphatic rings. The second-order valence-corrected chi connectivity index (χ2v) is 7.70. The van der Waals surface area contributed by atoms with Crippen molar-refractivity contribution in [1.82, 2.24) is 4.90 Å². The lowest BCUT2D eigenvalue weighted by molar-refractivity contribution is -0.143. The SMILES string of the molecule is COC(=O)CN1C(=O)SC(=Cc2cc(Cl)c(OCc3cccc(F)c3)c(OC)c2)C1=O. The van der Waals surface area contributed by atoms with E-state index >= 15 is 0 Å². The molecule has 0 saturated carbocycles. The zero-order valence-electron chi connectivity index (χ0n) is 16.5. The molecule has 162 valence electrons. The molecule has 0 bridgehead atoms. The van der Waals surface area contributed by atoms with Crippen LogP contribution >= 0.6 is 23.4 Å². The third kappa shape index (κ3) is 5.36. The topological polar surface area (TPSA) is 82.1 Å². The van der Waals surface area contributed by atoms with Crippen molar-refractivity contribution in [1.29, 1.82) is 0 Å². The lowest BCUT2D eigenvalue weighted by atomic mass is 10.1. The number of carbonyl (C=O) groups excluding carboxylic acids is 3. The van der Waals surface area contributed by atoms with E-state index in [1.54, 1.807) is 24.3 Å². The molecule has 0 N–H and O–H groups in total. The number of thioether (sulfide) groups is 1. The van der Waals surface area contributed by atoms with Gasteiger partial charge in [0.1, 0.15) is 19.0 Å². The highest BCUT2D eigenvalue weighted by atomic mass is 35.5. The van der Waals surface area contributed by atoms with Crippen LogP contribution in [0, 0.1) is 5.82 Å². The summed E-state index contributed by atoms with van der Waals surface area (Å²) in [5.41, 5.74) is 1.10. The van der Waals surface area contributed by atoms with Crippen molar-refractivity contribution < 1.29 is 33.0 Å². The van der Waals surface area contributed by atoms with E-state index in [1.165, 1.54) is 32.4 Å². The van der Waals surface area contributed by atoms with Crippen LogP contribution in [-0.2, 0) is 20.9 Å². The summed E-state index contributed by atoms with van der Waals surface area (Å²) in [6.07, 6.45) is 1.47. The molecule has 1 fully saturated rings. The maximum absolute atomic E-state index is 13.3. The number of hydrogen-bond acceptors (Lipinski definition) is 7. The van der Waals surface area contributed by atoms with Crippen LogP contribution in [0.5, 0.6) is 11.5 Å². The fourth-order valence-electron chi connectivity index (χ4n) is 2.73. The molecule has 0 radical (unpaired) electrons. The quantitative estimate of drug-likeness (QED) is 0.446. The molecular weight excluding hydrogens is 449 g/mol. The van der Waals surface area contributed by atoms with Gasteiger partial charge >= 0.3 is 5.97 Å². The molecule has 0 aliphatic carbocycles. The minimum atomic E-state index is -0.701. The number of hydrogen-bond donors (Lipinski definition) is 0. The number of ether oxygens (including phenoxy) is 3. The molecule has 1 heterocycles. The van der Waals surface area contributed by atoms with E-state index in [9.17, 15) is 18.8 Å². The van der Waals surface area contributed by atoms with Gasteiger partial charge in [-0.2, -0.15) is 0 Å². The van der Waals surface area contributed by atoms with Gasteiger partial charge in [0.05, 0.1) is 24.1 Å². The highest BCUT2D eigenvalue weighted by Gasteiger charge is 2.36. The molecule has 2 amide bonds. The zero-order valence-corrected chi connectivity index (χ0v) is 18.1. The van der Waals surface area contributed by atoms with Gasteiger partial charge in [0.15, 0.2) is 11.5 Å². The minimum Gasteiger partial charge on any atom is -0.493 e. The first kappa shape index (κ1) is 22.6. The van der Waals surface area contributed by atoms with Gasteiger partial charge in [0.25, 0.3) is 11.1 Å². The lowest BCUT2D eigenvalue weighted by Crippen LogP contribution is -2.34. The van der Waals surface area contributed by atoms with Crippen molar-refractivity contribution in [2.45, 2.75) is 6.61 Å². The minimum absolute atomic E-state index is 0.0691. The normalized spacial score (nSPS) is 14.8. The molecule has 0 atom stereocenters. The Morgan fingerprint density at radius 3 is 2.68 bits per heavy atom. The second-order valence-electron chi connectivity index (χ2n) is 6.30. The van der Waals surface area contributed by atoms with Gasteiger partial charge in [-0.05, 0) is 53.2 Å². The van der Waals surface area contributed by atoms with Crippen LogP contribution in [-0.4, -0.2) is 42.8 Å². The summed E-state index contributed by atoms with van der Waals surface area (Å²) >= 11 is 7.04. The summed E-state index contributed by atoms with van der Waals surface area (Å²) in [7, 11) is 2.60. The smallest absolute Gasteiger partial charge is 0.325 e. The molecule has 31 heavy (non-hydrogen) atoms. The van der Waals surface area contributed by atoms with E-state index in [-0.39, 0.29) is 28.1 Å². The van der Waals surface area contributed by atoms with Crippen molar-refractivity contribution in [2.75, 3.05) is 20.8 Å². The number of nitrogens with zero attached hydrogens (tertiary/aromatic N) is 1. The third-order valence-electron chi connectivity index (χ3n) is 4.21. The van der Waals surface area contributed by atoms with Crippen LogP contribution in [0.1, 0.15) is 11.1 Å². The van der Waals surface area contributed by atoms with E-state index in [4.69, 9.17) is 21.1 Å². The lowest BCUT2D eigenvalue weighted by Gasteiger charge is -2.14. The summed E-state index contributed by atoms with van der Waals surface area (Å²) in [6.45, 7) is -0.394. The Kier molecular flexibility index (Phi) is 7.19. The molecular formula is C21H17ClFNO6S. The predicted octanol–water partition coefficient (Wildman–Crippen LogP) is 4.28. The van der Waals surface area contributed by atoms with Crippen LogP contribution in [0.4, 0.5) is 9.18 Å². The van der Waals surface area contributed by atoms with Gasteiger partial charge in [0, 0.05) is 0 Å². The van der Waals surface area contributed by atoms with Gasteiger partial charge in [-0.15, -0.1) is 0 Å². The van der Waals surface area contributed by atoms with Gasteiger partial charge in [-0.1, -0.05) is 23.7 Å². The molecule has 1 saturated heterocycles. The molecule has 0 unspecified atom stereocenters. The molecule has 10 heteroatoms. The van der Waals surface area contributed by atoms with E-state index in [0.29, 0.717) is 28.6 Å². The van der Waals surface area contributed by atoms with Crippen molar-refractivity contribution in [3.8, 4) is 11.5 Å². The number of carbonyl (C=O) groups is 3. The van der Waals surface area contributed by atoms with Crippen LogP contribution in [0.2, 0.25) is 5.02 Å². The molecule has 2 aromatic rings. The van der Waals surface area contributed by atoms with Crippen LogP contribution in [0.3, 0.4) is 0 Å². The Morgan fingerprint density at radius 2 is 2.00 bits per heavy atom. The van der Waals surface area contributed by atoms with Crippen LogP contribution in [0.25, 0.3) is 6.08 Å². The van der Waals surface area contributed by atoms with E-state index in [0.717, 1.165) is 4.90 Å². The van der Waals surface area contributed by atoms with Gasteiger partial charge in [-0.25, -0.2) is 4.39 Å². The van der Waals surface area contributed by atoms with Crippen molar-refractivity contribution in [3.05, 3.63) is 63.3 Å². The van der Waals surface area contributed by atoms with Gasteiger partial charge in [0.2, 0.25) is 0 Å². The van der Waals surface area contributed by atoms with Crippen LogP contribution in [0.15, 0.2) is 41.3 Å². The van der Waals surface area contributed by atoms with Gasteiger partial charge in [-0.3, -0.25) is 19.3 Å². The Bertz CT molecular complexity index is 1070.